The van der Waals surface area contributed by atoms with Crippen molar-refractivity contribution in [3.8, 4) is 0 Å². The summed E-state index contributed by atoms with van der Waals surface area (Å²) < 4.78 is 22.0. The predicted octanol–water partition coefficient (Wildman–Crippen LogP) is 7.80. The molecule has 0 bridgehead atoms. The Balaban J connectivity index is 0. The average molecular weight is 449 g/mol. The van der Waals surface area contributed by atoms with Gasteiger partial charge in [0.2, 0.25) is 0 Å². The van der Waals surface area contributed by atoms with Gasteiger partial charge in [0.1, 0.15) is 0 Å². The molecule has 0 aliphatic heterocycles. The summed E-state index contributed by atoms with van der Waals surface area (Å²) in [6.45, 7) is 11.0. The first-order valence-corrected chi connectivity index (χ1v) is 14.0. The van der Waals surface area contributed by atoms with Gasteiger partial charge in [-0.25, -0.2) is 4.21 Å². The van der Waals surface area contributed by atoms with Crippen LogP contribution in [-0.2, 0) is 15.5 Å². The van der Waals surface area contributed by atoms with Crippen LogP contribution in [0, 0.1) is 0 Å². The third-order valence-corrected chi connectivity index (χ3v) is 5.89. The molecule has 0 N–H and O–H groups in total. The van der Waals surface area contributed by atoms with Crippen LogP contribution in [0.5, 0.6) is 0 Å². The summed E-state index contributed by atoms with van der Waals surface area (Å²) in [5.74, 6) is 0. The van der Waals surface area contributed by atoms with Crippen LogP contribution in [0.15, 0.2) is 0 Å². The fourth-order valence-electron chi connectivity index (χ4n) is 3.68. The molecule has 0 aliphatic rings. The van der Waals surface area contributed by atoms with Crippen molar-refractivity contribution in [3.63, 3.8) is 0 Å². The second kappa shape index (κ2) is 29.0. The van der Waals surface area contributed by atoms with Crippen molar-refractivity contribution < 1.29 is 12.9 Å². The lowest BCUT2D eigenvalue weighted by atomic mass is 10.1. The first-order valence-electron chi connectivity index (χ1n) is 13.0. The van der Waals surface area contributed by atoms with Gasteiger partial charge in [0.15, 0.2) is 0 Å². The standard InChI is InChI=1S/C24H51N.CH4O3S/c1-4-7-10-13-16-19-22-25(23-20-17-14-11-8-5-2)24-21-18-15-12-9-6-3;1-4-5(2)3/h4-24H2,1-3H3;1H3,(H,2,3)/p-1. The minimum atomic E-state index is -2.32. The van der Waals surface area contributed by atoms with E-state index in [-0.39, 0.29) is 0 Å². The lowest BCUT2D eigenvalue weighted by molar-refractivity contribution is 0.254. The van der Waals surface area contributed by atoms with Crippen LogP contribution in [0.3, 0.4) is 0 Å². The van der Waals surface area contributed by atoms with Gasteiger partial charge in [-0.3, -0.25) is 0 Å². The number of nitrogens with zero attached hydrogens (tertiary/aromatic N) is 1. The molecule has 0 saturated carbocycles. The molecule has 0 amide bonds. The summed E-state index contributed by atoms with van der Waals surface area (Å²) in [6, 6.07) is 0. The van der Waals surface area contributed by atoms with Gasteiger partial charge in [0.05, 0.1) is 18.5 Å². The van der Waals surface area contributed by atoms with E-state index >= 15 is 0 Å². The van der Waals surface area contributed by atoms with E-state index in [2.05, 4.69) is 29.9 Å². The molecule has 0 aromatic heterocycles. The van der Waals surface area contributed by atoms with E-state index in [1.807, 2.05) is 0 Å². The van der Waals surface area contributed by atoms with Gasteiger partial charge in [-0.15, -0.1) is 0 Å². The number of hydrogen-bond acceptors (Lipinski definition) is 4. The third kappa shape index (κ3) is 30.2. The van der Waals surface area contributed by atoms with Crippen LogP contribution in [0.2, 0.25) is 0 Å². The Kier molecular flexibility index (Phi) is 31.2. The molecule has 0 heterocycles. The lowest BCUT2D eigenvalue weighted by Gasteiger charge is -2.22. The quantitative estimate of drug-likeness (QED) is 0.125. The molecule has 1 atom stereocenters. The predicted molar refractivity (Wildman–Crippen MR) is 132 cm³/mol. The summed E-state index contributed by atoms with van der Waals surface area (Å²) in [5.41, 5.74) is 0. The van der Waals surface area contributed by atoms with Crippen LogP contribution >= 0.6 is 0 Å². The van der Waals surface area contributed by atoms with Crippen molar-refractivity contribution in [1.29, 1.82) is 0 Å². The maximum atomic E-state index is 9.15. The molecule has 5 heteroatoms. The molecule has 184 valence electrons. The van der Waals surface area contributed by atoms with Crippen molar-refractivity contribution in [2.45, 2.75) is 136 Å². The molecule has 0 aromatic carbocycles. The van der Waals surface area contributed by atoms with Crippen LogP contribution in [0.4, 0.5) is 0 Å². The van der Waals surface area contributed by atoms with Gasteiger partial charge < -0.3 is 13.6 Å². The highest BCUT2D eigenvalue weighted by atomic mass is 32.2. The van der Waals surface area contributed by atoms with E-state index in [1.165, 1.54) is 135 Å². The summed E-state index contributed by atoms with van der Waals surface area (Å²) in [5, 5.41) is 0. The third-order valence-electron chi connectivity index (χ3n) is 5.62. The van der Waals surface area contributed by atoms with Crippen molar-refractivity contribution in [2.75, 3.05) is 26.7 Å². The summed E-state index contributed by atoms with van der Waals surface area (Å²) >= 11 is -2.32. The topological polar surface area (TPSA) is 52.6 Å². The van der Waals surface area contributed by atoms with Crippen molar-refractivity contribution in [3.05, 3.63) is 0 Å². The number of rotatable bonds is 22. The van der Waals surface area contributed by atoms with E-state index in [1.54, 1.807) is 0 Å². The Bertz CT molecular complexity index is 291. The molecule has 0 rings (SSSR count). The van der Waals surface area contributed by atoms with Crippen molar-refractivity contribution in [1.82, 2.24) is 4.90 Å². The maximum absolute atomic E-state index is 9.15. The molecule has 1 unspecified atom stereocenters. The zero-order valence-corrected chi connectivity index (χ0v) is 21.7. The van der Waals surface area contributed by atoms with E-state index in [0.717, 1.165) is 7.11 Å². The summed E-state index contributed by atoms with van der Waals surface area (Å²) in [6.07, 6.45) is 25.7. The molecular formula is C25H54NO3S-. The SMILES string of the molecule is CCCCCCCCN(CCCCCCCC)CCCCCCCC.COS(=O)[O-]. The summed E-state index contributed by atoms with van der Waals surface area (Å²) in [4.78, 5) is 2.79. The molecule has 0 aromatic rings. The zero-order valence-electron chi connectivity index (χ0n) is 20.9. The highest BCUT2D eigenvalue weighted by Crippen LogP contribution is 2.11. The van der Waals surface area contributed by atoms with Crippen molar-refractivity contribution in [2.24, 2.45) is 0 Å². The minimum absolute atomic E-state index is 1.09. The van der Waals surface area contributed by atoms with E-state index < -0.39 is 11.4 Å². The van der Waals surface area contributed by atoms with Gasteiger partial charge in [-0.2, -0.15) is 0 Å². The normalized spacial score (nSPS) is 12.1. The molecule has 0 fully saturated rings. The van der Waals surface area contributed by atoms with E-state index in [0.29, 0.717) is 0 Å². The van der Waals surface area contributed by atoms with Crippen LogP contribution in [0.1, 0.15) is 136 Å². The molecule has 0 radical (unpaired) electrons. The fourth-order valence-corrected chi connectivity index (χ4v) is 3.68. The monoisotopic (exact) mass is 448 g/mol. The van der Waals surface area contributed by atoms with Gasteiger partial charge in [-0.1, -0.05) is 117 Å². The smallest absolute Gasteiger partial charge is 0.0839 e. The van der Waals surface area contributed by atoms with Crippen molar-refractivity contribution >= 4 is 11.4 Å². The largest absolute Gasteiger partial charge is 0.750 e. The van der Waals surface area contributed by atoms with Crippen LogP contribution < -0.4 is 0 Å². The van der Waals surface area contributed by atoms with E-state index in [4.69, 9.17) is 8.76 Å². The molecular weight excluding hydrogens is 394 g/mol. The van der Waals surface area contributed by atoms with Gasteiger partial charge in [0, 0.05) is 0 Å². The fraction of sp³-hybridized carbons (Fsp3) is 1.00. The first kappa shape index (κ1) is 32.2. The Morgan fingerprint density at radius 3 is 1.03 bits per heavy atom. The maximum Gasteiger partial charge on any atom is 0.0839 e. The Labute approximate surface area is 192 Å². The Hall–Kier alpha value is 0.0300. The highest BCUT2D eigenvalue weighted by Gasteiger charge is 2.05. The lowest BCUT2D eigenvalue weighted by Crippen LogP contribution is -2.27. The Morgan fingerprint density at radius 1 is 0.567 bits per heavy atom. The molecule has 4 nitrogen and oxygen atoms in total. The average Bonchev–Trinajstić information content (AvgIpc) is 2.75. The molecule has 30 heavy (non-hydrogen) atoms. The van der Waals surface area contributed by atoms with Gasteiger partial charge >= 0.3 is 0 Å². The Morgan fingerprint density at radius 2 is 0.800 bits per heavy atom. The van der Waals surface area contributed by atoms with Crippen LogP contribution in [0.25, 0.3) is 0 Å². The van der Waals surface area contributed by atoms with Gasteiger partial charge in [-0.05, 0) is 38.9 Å². The molecule has 0 saturated heterocycles. The van der Waals surface area contributed by atoms with E-state index in [9.17, 15) is 0 Å². The molecule has 0 aliphatic carbocycles. The second-order valence-electron chi connectivity index (χ2n) is 8.52. The highest BCUT2D eigenvalue weighted by molar-refractivity contribution is 7.74. The number of unbranched alkanes of at least 4 members (excludes halogenated alkanes) is 15. The minimum Gasteiger partial charge on any atom is -0.750 e. The summed E-state index contributed by atoms with van der Waals surface area (Å²) in [7, 11) is 1.09. The zero-order chi connectivity index (χ0) is 22.7. The van der Waals surface area contributed by atoms with Crippen LogP contribution in [-0.4, -0.2) is 40.4 Å². The van der Waals surface area contributed by atoms with Gasteiger partial charge in [0.25, 0.3) is 0 Å². The second-order valence-corrected chi connectivity index (χ2v) is 9.26. The first-order chi connectivity index (χ1) is 14.6. The number of hydrogen-bond donors (Lipinski definition) is 0. The molecule has 0 spiro atoms.